The Labute approximate surface area is 122 Å². The van der Waals surface area contributed by atoms with Crippen molar-refractivity contribution in [1.82, 2.24) is 4.98 Å². The Hall–Kier alpha value is -1.88. The van der Waals surface area contributed by atoms with Gasteiger partial charge in [-0.05, 0) is 30.4 Å². The smallest absolute Gasteiger partial charge is 0.348 e. The number of carbonyl (C=O) groups is 1. The highest BCUT2D eigenvalue weighted by Gasteiger charge is 2.18. The van der Waals surface area contributed by atoms with Gasteiger partial charge in [-0.2, -0.15) is 0 Å². The first-order chi connectivity index (χ1) is 9.67. The van der Waals surface area contributed by atoms with Gasteiger partial charge in [0.25, 0.3) is 0 Å². The Morgan fingerprint density at radius 2 is 2.20 bits per heavy atom. The summed E-state index contributed by atoms with van der Waals surface area (Å²) in [6, 6.07) is 1.91. The van der Waals surface area contributed by atoms with Crippen molar-refractivity contribution < 1.29 is 14.3 Å². The molecule has 0 aliphatic carbocycles. The molecule has 0 N–H and O–H groups in total. The van der Waals surface area contributed by atoms with Gasteiger partial charge in [0, 0.05) is 17.3 Å². The molecule has 2 rings (SSSR count). The highest BCUT2D eigenvalue weighted by Crippen LogP contribution is 2.34. The van der Waals surface area contributed by atoms with E-state index >= 15 is 0 Å². The number of aromatic nitrogens is 1. The van der Waals surface area contributed by atoms with Crippen LogP contribution in [0, 0.1) is 6.92 Å². The van der Waals surface area contributed by atoms with E-state index in [1.165, 1.54) is 18.4 Å². The van der Waals surface area contributed by atoms with Crippen LogP contribution in [0.4, 0.5) is 0 Å². The Morgan fingerprint density at radius 3 is 2.90 bits per heavy atom. The number of hydrogen-bond donors (Lipinski definition) is 0. The zero-order valence-electron chi connectivity index (χ0n) is 11.8. The third kappa shape index (κ3) is 2.99. The molecule has 0 amide bonds. The van der Waals surface area contributed by atoms with Crippen LogP contribution in [0.5, 0.6) is 5.75 Å². The second-order valence-electron chi connectivity index (χ2n) is 4.37. The van der Waals surface area contributed by atoms with Gasteiger partial charge in [-0.15, -0.1) is 11.3 Å². The first-order valence-electron chi connectivity index (χ1n) is 6.42. The second kappa shape index (κ2) is 6.52. The minimum atomic E-state index is -0.321. The maximum atomic E-state index is 11.8. The van der Waals surface area contributed by atoms with Crippen molar-refractivity contribution in [1.29, 1.82) is 0 Å². The summed E-state index contributed by atoms with van der Waals surface area (Å²) in [5.41, 5.74) is 2.78. The van der Waals surface area contributed by atoms with Crippen LogP contribution in [0.15, 0.2) is 23.8 Å². The first kappa shape index (κ1) is 14.5. The van der Waals surface area contributed by atoms with Crippen molar-refractivity contribution in [2.75, 3.05) is 13.7 Å². The van der Waals surface area contributed by atoms with Gasteiger partial charge >= 0.3 is 5.97 Å². The average molecular weight is 291 g/mol. The molecule has 5 heteroatoms. The van der Waals surface area contributed by atoms with Gasteiger partial charge in [0.05, 0.1) is 19.9 Å². The van der Waals surface area contributed by atoms with Crippen LogP contribution in [0.1, 0.15) is 28.6 Å². The van der Waals surface area contributed by atoms with E-state index in [0.717, 1.165) is 23.1 Å². The van der Waals surface area contributed by atoms with Gasteiger partial charge in [-0.1, -0.05) is 6.92 Å². The fraction of sp³-hybridized carbons (Fsp3) is 0.333. The third-order valence-corrected chi connectivity index (χ3v) is 3.90. The molecule has 0 spiro atoms. The van der Waals surface area contributed by atoms with Gasteiger partial charge in [-0.3, -0.25) is 4.98 Å². The van der Waals surface area contributed by atoms with E-state index in [9.17, 15) is 4.79 Å². The van der Waals surface area contributed by atoms with Gasteiger partial charge in [0.2, 0.25) is 0 Å². The van der Waals surface area contributed by atoms with Crippen molar-refractivity contribution in [3.63, 3.8) is 0 Å². The van der Waals surface area contributed by atoms with E-state index in [0.29, 0.717) is 17.2 Å². The highest BCUT2D eigenvalue weighted by molar-refractivity contribution is 7.12. The number of pyridine rings is 1. The summed E-state index contributed by atoms with van der Waals surface area (Å²) in [6.07, 6.45) is 4.36. The zero-order valence-corrected chi connectivity index (χ0v) is 12.6. The topological polar surface area (TPSA) is 48.4 Å². The SMILES string of the molecule is CCCOc1cncc(-c2c(C)csc2C(=O)OC)c1. The minimum absolute atomic E-state index is 0.321. The van der Waals surface area contributed by atoms with Crippen LogP contribution in [0.25, 0.3) is 11.1 Å². The maximum Gasteiger partial charge on any atom is 0.348 e. The molecule has 0 aliphatic rings. The van der Waals surface area contributed by atoms with Crippen molar-refractivity contribution >= 4 is 17.3 Å². The van der Waals surface area contributed by atoms with Crippen LogP contribution >= 0.6 is 11.3 Å². The van der Waals surface area contributed by atoms with E-state index in [4.69, 9.17) is 9.47 Å². The van der Waals surface area contributed by atoms with E-state index in [1.54, 1.807) is 12.4 Å². The molecule has 2 heterocycles. The predicted molar refractivity (Wildman–Crippen MR) is 79.4 cm³/mol. The molecule has 0 unspecified atom stereocenters. The monoisotopic (exact) mass is 291 g/mol. The molecule has 0 aromatic carbocycles. The Morgan fingerprint density at radius 1 is 1.40 bits per heavy atom. The normalized spacial score (nSPS) is 10.3. The molecule has 106 valence electrons. The van der Waals surface area contributed by atoms with Gasteiger partial charge in [-0.25, -0.2) is 4.79 Å². The summed E-state index contributed by atoms with van der Waals surface area (Å²) in [5.74, 6) is 0.392. The lowest BCUT2D eigenvalue weighted by Gasteiger charge is -2.08. The van der Waals surface area contributed by atoms with Crippen LogP contribution in [0.3, 0.4) is 0 Å². The second-order valence-corrected chi connectivity index (χ2v) is 5.25. The molecular weight excluding hydrogens is 274 g/mol. The fourth-order valence-corrected chi connectivity index (χ4v) is 2.89. The molecule has 0 saturated carbocycles. The number of thiophene rings is 1. The third-order valence-electron chi connectivity index (χ3n) is 2.82. The largest absolute Gasteiger partial charge is 0.492 e. The van der Waals surface area contributed by atoms with E-state index in [-0.39, 0.29) is 5.97 Å². The molecular formula is C15H17NO3S. The van der Waals surface area contributed by atoms with E-state index < -0.39 is 0 Å². The summed E-state index contributed by atoms with van der Waals surface area (Å²) in [6.45, 7) is 4.67. The van der Waals surface area contributed by atoms with Gasteiger partial charge in [0.15, 0.2) is 0 Å². The molecule has 0 atom stereocenters. The number of rotatable bonds is 5. The van der Waals surface area contributed by atoms with E-state index in [2.05, 4.69) is 11.9 Å². The molecule has 4 nitrogen and oxygen atoms in total. The Kier molecular flexibility index (Phi) is 4.74. The minimum Gasteiger partial charge on any atom is -0.492 e. The van der Waals surface area contributed by atoms with Crippen LogP contribution in [-0.4, -0.2) is 24.7 Å². The number of nitrogens with zero attached hydrogens (tertiary/aromatic N) is 1. The molecule has 0 bridgehead atoms. The predicted octanol–water partition coefficient (Wildman–Crippen LogP) is 3.69. The van der Waals surface area contributed by atoms with Crippen LogP contribution < -0.4 is 4.74 Å². The molecule has 0 radical (unpaired) electrons. The molecule has 0 saturated heterocycles. The molecule has 2 aromatic rings. The lowest BCUT2D eigenvalue weighted by molar-refractivity contribution is 0.0607. The fourth-order valence-electron chi connectivity index (χ4n) is 1.90. The number of carbonyl (C=O) groups excluding carboxylic acids is 1. The van der Waals surface area contributed by atoms with Gasteiger partial charge < -0.3 is 9.47 Å². The zero-order chi connectivity index (χ0) is 14.5. The Bertz CT molecular complexity index is 607. The highest BCUT2D eigenvalue weighted by atomic mass is 32.1. The summed E-state index contributed by atoms with van der Waals surface area (Å²) in [4.78, 5) is 16.6. The quantitative estimate of drug-likeness (QED) is 0.788. The molecule has 2 aromatic heterocycles. The van der Waals surface area contributed by atoms with E-state index in [1.807, 2.05) is 18.4 Å². The van der Waals surface area contributed by atoms with Crippen LogP contribution in [-0.2, 0) is 4.74 Å². The summed E-state index contributed by atoms with van der Waals surface area (Å²) in [5, 5.41) is 1.95. The number of methoxy groups -OCH3 is 1. The number of esters is 1. The summed E-state index contributed by atoms with van der Waals surface area (Å²) >= 11 is 1.38. The van der Waals surface area contributed by atoms with Crippen LogP contribution in [0.2, 0.25) is 0 Å². The van der Waals surface area contributed by atoms with Gasteiger partial charge in [0.1, 0.15) is 10.6 Å². The number of ether oxygens (including phenoxy) is 2. The molecule has 20 heavy (non-hydrogen) atoms. The standard InChI is InChI=1S/C15H17NO3S/c1-4-5-19-12-6-11(7-16-8-12)13-10(2)9-20-14(13)15(17)18-3/h6-9H,4-5H2,1-3H3. The van der Waals surface area contributed by atoms with Crippen molar-refractivity contribution in [3.05, 3.63) is 34.3 Å². The number of aryl methyl sites for hydroxylation is 1. The lowest BCUT2D eigenvalue weighted by Crippen LogP contribution is -2.01. The Balaban J connectivity index is 2.41. The number of hydrogen-bond acceptors (Lipinski definition) is 5. The summed E-state index contributed by atoms with van der Waals surface area (Å²) in [7, 11) is 1.39. The average Bonchev–Trinajstić information content (AvgIpc) is 2.86. The van der Waals surface area contributed by atoms with Crippen molar-refractivity contribution in [2.24, 2.45) is 0 Å². The molecule has 0 aliphatic heterocycles. The van der Waals surface area contributed by atoms with Crippen molar-refractivity contribution in [3.8, 4) is 16.9 Å². The maximum absolute atomic E-state index is 11.8. The molecule has 0 fully saturated rings. The first-order valence-corrected chi connectivity index (χ1v) is 7.30. The lowest BCUT2D eigenvalue weighted by atomic mass is 10.0. The van der Waals surface area contributed by atoms with Crippen molar-refractivity contribution in [2.45, 2.75) is 20.3 Å². The summed E-state index contributed by atoms with van der Waals surface area (Å²) < 4.78 is 10.4.